The molecule has 0 aliphatic rings. The van der Waals surface area contributed by atoms with Gasteiger partial charge in [-0.2, -0.15) is 0 Å². The van der Waals surface area contributed by atoms with Crippen LogP contribution in [0.1, 0.15) is 25.8 Å². The molecule has 21 heavy (non-hydrogen) atoms. The van der Waals surface area contributed by atoms with Crippen LogP contribution in [0.4, 0.5) is 0 Å². The Labute approximate surface area is 124 Å². The van der Waals surface area contributed by atoms with Crippen molar-refractivity contribution in [3.8, 4) is 11.5 Å². The van der Waals surface area contributed by atoms with E-state index in [2.05, 4.69) is 5.32 Å². The van der Waals surface area contributed by atoms with Gasteiger partial charge in [0.15, 0.2) is 11.5 Å². The second kappa shape index (κ2) is 7.85. The number of nitrogens with one attached hydrogen (secondary N) is 1. The normalized spacial score (nSPS) is 14.0. The van der Waals surface area contributed by atoms with Crippen LogP contribution in [0.3, 0.4) is 0 Å². The molecule has 6 N–H and O–H groups in total. The van der Waals surface area contributed by atoms with Crippen LogP contribution in [0.2, 0.25) is 0 Å². The Balaban J connectivity index is 2.45. The number of aliphatic hydroxyl groups excluding tert-OH is 1. The topological polar surface area (TPSA) is 116 Å². The molecule has 1 amide bonds. The first-order chi connectivity index (χ1) is 9.79. The Bertz CT molecular complexity index is 477. The highest BCUT2D eigenvalue weighted by atomic mass is 16.3. The molecule has 0 heterocycles. The summed E-state index contributed by atoms with van der Waals surface area (Å²) >= 11 is 0. The van der Waals surface area contributed by atoms with E-state index < -0.39 is 12.1 Å². The van der Waals surface area contributed by atoms with E-state index in [1.165, 1.54) is 12.1 Å². The second-order valence-electron chi connectivity index (χ2n) is 5.66. The van der Waals surface area contributed by atoms with E-state index in [0.717, 1.165) is 0 Å². The second-order valence-corrected chi connectivity index (χ2v) is 5.66. The number of nitrogens with two attached hydrogens (primary N) is 1. The first-order valence-electron chi connectivity index (χ1n) is 7.01. The lowest BCUT2D eigenvalue weighted by Crippen LogP contribution is -2.44. The maximum atomic E-state index is 11.8. The summed E-state index contributed by atoms with van der Waals surface area (Å²) in [7, 11) is 0. The van der Waals surface area contributed by atoms with Crippen molar-refractivity contribution in [2.75, 3.05) is 6.54 Å². The number of rotatable bonds is 7. The van der Waals surface area contributed by atoms with Gasteiger partial charge in [0.2, 0.25) is 5.91 Å². The monoisotopic (exact) mass is 296 g/mol. The summed E-state index contributed by atoms with van der Waals surface area (Å²) in [4.78, 5) is 11.8. The lowest BCUT2D eigenvalue weighted by Gasteiger charge is -2.16. The van der Waals surface area contributed by atoms with Gasteiger partial charge in [-0.1, -0.05) is 19.9 Å². The van der Waals surface area contributed by atoms with E-state index in [1.807, 2.05) is 13.8 Å². The molecule has 2 atom stereocenters. The molecule has 0 spiro atoms. The molecule has 0 aromatic heterocycles. The molecule has 0 aliphatic carbocycles. The number of hydrogen-bond acceptors (Lipinski definition) is 5. The largest absolute Gasteiger partial charge is 0.504 e. The highest BCUT2D eigenvalue weighted by molar-refractivity contribution is 5.81. The van der Waals surface area contributed by atoms with E-state index >= 15 is 0 Å². The van der Waals surface area contributed by atoms with Crippen LogP contribution >= 0.6 is 0 Å². The molecule has 1 aromatic carbocycles. The predicted octanol–water partition coefficient (Wildman–Crippen LogP) is 0.491. The lowest BCUT2D eigenvalue weighted by molar-refractivity contribution is -0.122. The number of aliphatic hydroxyl groups is 1. The number of hydrogen-bond donors (Lipinski definition) is 5. The maximum absolute atomic E-state index is 11.8. The molecule has 0 saturated carbocycles. The molecule has 0 radical (unpaired) electrons. The number of aromatic hydroxyl groups is 2. The average molecular weight is 296 g/mol. The number of phenols is 2. The Morgan fingerprint density at radius 3 is 2.52 bits per heavy atom. The van der Waals surface area contributed by atoms with Crippen LogP contribution < -0.4 is 11.1 Å². The minimum Gasteiger partial charge on any atom is -0.504 e. The molecule has 1 rings (SSSR count). The van der Waals surface area contributed by atoms with E-state index in [1.54, 1.807) is 6.07 Å². The van der Waals surface area contributed by atoms with Crippen molar-refractivity contribution in [2.45, 2.75) is 38.8 Å². The highest BCUT2D eigenvalue weighted by Gasteiger charge is 2.16. The zero-order chi connectivity index (χ0) is 16.0. The van der Waals surface area contributed by atoms with Crippen LogP contribution in [-0.2, 0) is 11.2 Å². The first-order valence-corrected chi connectivity index (χ1v) is 7.01. The van der Waals surface area contributed by atoms with Crippen molar-refractivity contribution in [2.24, 2.45) is 11.7 Å². The minimum atomic E-state index is -0.778. The quantitative estimate of drug-likeness (QED) is 0.470. The fourth-order valence-corrected chi connectivity index (χ4v) is 2.02. The Hall–Kier alpha value is -1.79. The summed E-state index contributed by atoms with van der Waals surface area (Å²) in [5.74, 6) is -0.461. The third-order valence-corrected chi connectivity index (χ3v) is 3.09. The van der Waals surface area contributed by atoms with E-state index in [-0.39, 0.29) is 30.4 Å². The lowest BCUT2D eigenvalue weighted by atomic mass is 10.0. The third kappa shape index (κ3) is 6.01. The first kappa shape index (κ1) is 17.3. The third-order valence-electron chi connectivity index (χ3n) is 3.09. The Morgan fingerprint density at radius 1 is 1.29 bits per heavy atom. The van der Waals surface area contributed by atoms with Gasteiger partial charge in [-0.05, 0) is 36.5 Å². The van der Waals surface area contributed by atoms with Crippen LogP contribution in [-0.4, -0.2) is 39.9 Å². The molecule has 1 unspecified atom stereocenters. The fourth-order valence-electron chi connectivity index (χ4n) is 2.02. The predicted molar refractivity (Wildman–Crippen MR) is 79.9 cm³/mol. The Morgan fingerprint density at radius 2 is 1.95 bits per heavy atom. The van der Waals surface area contributed by atoms with Crippen molar-refractivity contribution in [1.29, 1.82) is 0 Å². The van der Waals surface area contributed by atoms with Crippen molar-refractivity contribution in [3.63, 3.8) is 0 Å². The van der Waals surface area contributed by atoms with Gasteiger partial charge in [-0.25, -0.2) is 0 Å². The smallest absolute Gasteiger partial charge is 0.237 e. The molecule has 0 saturated heterocycles. The van der Waals surface area contributed by atoms with Gasteiger partial charge in [0.05, 0.1) is 12.1 Å². The number of carbonyl (C=O) groups is 1. The van der Waals surface area contributed by atoms with E-state index in [9.17, 15) is 20.1 Å². The molecule has 6 nitrogen and oxygen atoms in total. The minimum absolute atomic E-state index is 0.172. The van der Waals surface area contributed by atoms with Crippen LogP contribution in [0.25, 0.3) is 0 Å². The van der Waals surface area contributed by atoms with Gasteiger partial charge in [0, 0.05) is 6.54 Å². The molecular formula is C15H24N2O4. The molecule has 0 bridgehead atoms. The standard InChI is InChI=1S/C15H24N2O4/c1-9(2)5-11(18)8-17-15(21)12(16)6-10-3-4-13(19)14(20)7-10/h3-4,7,9,11-12,18-20H,5-6,8,16H2,1-2H3,(H,17,21)/t11?,12-/m0/s1. The number of carbonyl (C=O) groups excluding carboxylic acids is 1. The summed E-state index contributed by atoms with van der Waals surface area (Å²) < 4.78 is 0. The zero-order valence-electron chi connectivity index (χ0n) is 12.4. The molecule has 0 fully saturated rings. The van der Waals surface area contributed by atoms with Crippen LogP contribution in [0.5, 0.6) is 11.5 Å². The van der Waals surface area contributed by atoms with Crippen molar-refractivity contribution >= 4 is 5.91 Å². The molecular weight excluding hydrogens is 272 g/mol. The summed E-state index contributed by atoms with van der Waals surface area (Å²) in [6, 6.07) is 3.54. The molecule has 118 valence electrons. The van der Waals surface area contributed by atoms with Gasteiger partial charge < -0.3 is 26.4 Å². The van der Waals surface area contributed by atoms with E-state index in [0.29, 0.717) is 17.9 Å². The molecule has 1 aromatic rings. The average Bonchev–Trinajstić information content (AvgIpc) is 2.39. The van der Waals surface area contributed by atoms with Gasteiger partial charge in [0.1, 0.15) is 0 Å². The zero-order valence-corrected chi connectivity index (χ0v) is 12.4. The van der Waals surface area contributed by atoms with Gasteiger partial charge >= 0.3 is 0 Å². The fraction of sp³-hybridized carbons (Fsp3) is 0.533. The van der Waals surface area contributed by atoms with Gasteiger partial charge in [0.25, 0.3) is 0 Å². The summed E-state index contributed by atoms with van der Waals surface area (Å²) in [6.45, 7) is 4.16. The van der Waals surface area contributed by atoms with Crippen molar-refractivity contribution in [3.05, 3.63) is 23.8 Å². The van der Waals surface area contributed by atoms with Crippen molar-refractivity contribution < 1.29 is 20.1 Å². The number of phenolic OH excluding ortho intramolecular Hbond substituents is 2. The summed E-state index contributed by atoms with van der Waals surface area (Å²) in [6.07, 6.45) is 0.264. The summed E-state index contributed by atoms with van der Waals surface area (Å²) in [5.41, 5.74) is 6.44. The Kier molecular flexibility index (Phi) is 6.45. The van der Waals surface area contributed by atoms with E-state index in [4.69, 9.17) is 5.73 Å². The van der Waals surface area contributed by atoms with Crippen molar-refractivity contribution in [1.82, 2.24) is 5.32 Å². The highest BCUT2D eigenvalue weighted by Crippen LogP contribution is 2.25. The number of benzene rings is 1. The maximum Gasteiger partial charge on any atom is 0.237 e. The van der Waals surface area contributed by atoms with Gasteiger partial charge in [-0.3, -0.25) is 4.79 Å². The van der Waals surface area contributed by atoms with Crippen LogP contribution in [0, 0.1) is 5.92 Å². The SMILES string of the molecule is CC(C)CC(O)CNC(=O)[C@@H](N)Cc1ccc(O)c(O)c1. The van der Waals surface area contributed by atoms with Gasteiger partial charge in [-0.15, -0.1) is 0 Å². The molecule has 6 heteroatoms. The summed E-state index contributed by atoms with van der Waals surface area (Å²) in [5, 5.41) is 30.9. The molecule has 0 aliphatic heterocycles. The van der Waals surface area contributed by atoms with Crippen LogP contribution in [0.15, 0.2) is 18.2 Å². The number of amides is 1.